The fourth-order valence-electron chi connectivity index (χ4n) is 2.08. The van der Waals surface area contributed by atoms with Crippen LogP contribution in [0.15, 0.2) is 17.3 Å². The second kappa shape index (κ2) is 9.38. The number of aromatic nitrogens is 2. The van der Waals surface area contributed by atoms with Crippen molar-refractivity contribution in [3.05, 3.63) is 18.0 Å². The largest absolute Gasteiger partial charge is 0.433 e. The first-order chi connectivity index (χ1) is 12.4. The number of carbonyl (C=O) groups excluding carboxylic acids is 1. The molecule has 0 bridgehead atoms. The van der Waals surface area contributed by atoms with Gasteiger partial charge in [0, 0.05) is 38.9 Å². The molecule has 1 aromatic heterocycles. The van der Waals surface area contributed by atoms with E-state index in [1.165, 1.54) is 0 Å². The van der Waals surface area contributed by atoms with Crippen LogP contribution in [-0.4, -0.2) is 66.0 Å². The fraction of sp³-hybridized carbons (Fsp3) is 0.625. The number of amides is 1. The molecule has 0 saturated heterocycles. The van der Waals surface area contributed by atoms with E-state index < -0.39 is 11.9 Å². The van der Waals surface area contributed by atoms with Gasteiger partial charge >= 0.3 is 6.18 Å². The van der Waals surface area contributed by atoms with E-state index in [1.807, 2.05) is 20.8 Å². The summed E-state index contributed by atoms with van der Waals surface area (Å²) >= 11 is 0. The van der Waals surface area contributed by atoms with Gasteiger partial charge in [0.1, 0.15) is 5.69 Å². The summed E-state index contributed by atoms with van der Waals surface area (Å²) in [6.07, 6.45) is -3.47. The topological polar surface area (TPSA) is 94.5 Å². The number of rotatable bonds is 6. The van der Waals surface area contributed by atoms with E-state index >= 15 is 0 Å². The Labute approximate surface area is 156 Å². The van der Waals surface area contributed by atoms with Crippen LogP contribution >= 0.6 is 0 Å². The number of guanidine groups is 1. The van der Waals surface area contributed by atoms with E-state index in [0.717, 1.165) is 12.3 Å². The summed E-state index contributed by atoms with van der Waals surface area (Å²) in [5.41, 5.74) is -1.34. The molecule has 0 saturated carbocycles. The first kappa shape index (κ1) is 22.5. The van der Waals surface area contributed by atoms with E-state index in [9.17, 15) is 18.0 Å². The summed E-state index contributed by atoms with van der Waals surface area (Å²) in [6.45, 7) is 6.39. The maximum absolute atomic E-state index is 12.6. The molecule has 8 nitrogen and oxygen atoms in total. The highest BCUT2D eigenvalue weighted by atomic mass is 19.4. The van der Waals surface area contributed by atoms with Crippen LogP contribution in [-0.2, 0) is 11.0 Å². The minimum Gasteiger partial charge on any atom is -0.354 e. The quantitative estimate of drug-likeness (QED) is 0.386. The van der Waals surface area contributed by atoms with E-state index in [2.05, 4.69) is 30.9 Å². The number of hydrogen-bond donors (Lipinski definition) is 3. The van der Waals surface area contributed by atoms with E-state index in [-0.39, 0.29) is 30.5 Å². The molecule has 0 aliphatic rings. The SMILES string of the molecule is CN=C(NCCNc1nccc(C(F)(F)F)n1)N(C)CC(=O)NC(C)(C)C. The molecular weight excluding hydrogens is 363 g/mol. The molecule has 0 atom stereocenters. The zero-order valence-electron chi connectivity index (χ0n) is 16.1. The highest BCUT2D eigenvalue weighted by Crippen LogP contribution is 2.27. The van der Waals surface area contributed by atoms with Gasteiger partial charge in [0.2, 0.25) is 11.9 Å². The van der Waals surface area contributed by atoms with Crippen LogP contribution in [0.1, 0.15) is 26.5 Å². The van der Waals surface area contributed by atoms with Crippen molar-refractivity contribution in [1.82, 2.24) is 25.5 Å². The van der Waals surface area contributed by atoms with Gasteiger partial charge in [-0.1, -0.05) is 0 Å². The third-order valence-electron chi connectivity index (χ3n) is 3.11. The summed E-state index contributed by atoms with van der Waals surface area (Å²) in [4.78, 5) is 24.8. The minimum atomic E-state index is -4.52. The van der Waals surface area contributed by atoms with Gasteiger partial charge in [-0.25, -0.2) is 9.97 Å². The number of anilines is 1. The van der Waals surface area contributed by atoms with Crippen LogP contribution in [0.5, 0.6) is 0 Å². The predicted octanol–water partition coefficient (Wildman–Crippen LogP) is 1.33. The van der Waals surface area contributed by atoms with Crippen LogP contribution in [0, 0.1) is 0 Å². The number of halogens is 3. The standard InChI is InChI=1S/C16H26F3N7O/c1-15(2,3)25-12(27)10-26(5)14(20-4)23-9-8-22-13-21-7-6-11(24-13)16(17,18)19/h6-7H,8-10H2,1-5H3,(H,20,23)(H,25,27)(H,21,22,24). The van der Waals surface area contributed by atoms with Gasteiger partial charge in [0.25, 0.3) is 0 Å². The van der Waals surface area contributed by atoms with Gasteiger partial charge in [-0.05, 0) is 26.8 Å². The second-order valence-corrected chi connectivity index (χ2v) is 6.82. The normalized spacial score (nSPS) is 12.5. The Morgan fingerprint density at radius 1 is 1.26 bits per heavy atom. The number of alkyl halides is 3. The summed E-state index contributed by atoms with van der Waals surface area (Å²) < 4.78 is 37.9. The van der Waals surface area contributed by atoms with Crippen LogP contribution in [0.2, 0.25) is 0 Å². The average molecular weight is 389 g/mol. The van der Waals surface area contributed by atoms with Gasteiger partial charge in [-0.15, -0.1) is 0 Å². The zero-order valence-corrected chi connectivity index (χ0v) is 16.1. The first-order valence-electron chi connectivity index (χ1n) is 8.29. The van der Waals surface area contributed by atoms with Gasteiger partial charge in [-0.2, -0.15) is 13.2 Å². The van der Waals surface area contributed by atoms with Crippen LogP contribution in [0.3, 0.4) is 0 Å². The van der Waals surface area contributed by atoms with Crippen LogP contribution in [0.4, 0.5) is 19.1 Å². The zero-order chi connectivity index (χ0) is 20.7. The van der Waals surface area contributed by atoms with E-state index in [1.54, 1.807) is 19.0 Å². The molecule has 1 aromatic rings. The number of aliphatic imine (C=N–C) groups is 1. The Morgan fingerprint density at radius 2 is 1.93 bits per heavy atom. The molecule has 3 N–H and O–H groups in total. The van der Waals surface area contributed by atoms with E-state index in [4.69, 9.17) is 0 Å². The van der Waals surface area contributed by atoms with E-state index in [0.29, 0.717) is 12.5 Å². The Bertz CT molecular complexity index is 656. The molecule has 1 amide bonds. The van der Waals surface area contributed by atoms with Crippen LogP contribution < -0.4 is 16.0 Å². The molecule has 27 heavy (non-hydrogen) atoms. The lowest BCUT2D eigenvalue weighted by atomic mass is 10.1. The Hall–Kier alpha value is -2.59. The van der Waals surface area contributed by atoms with Crippen molar-refractivity contribution >= 4 is 17.8 Å². The minimum absolute atomic E-state index is 0.112. The first-order valence-corrected chi connectivity index (χ1v) is 8.29. The average Bonchev–Trinajstić information content (AvgIpc) is 2.52. The lowest BCUT2D eigenvalue weighted by Gasteiger charge is -2.25. The summed E-state index contributed by atoms with van der Waals surface area (Å²) in [6, 6.07) is 0.808. The molecule has 0 fully saturated rings. The van der Waals surface area contributed by atoms with Gasteiger partial charge in [0.15, 0.2) is 5.96 Å². The number of hydrogen-bond acceptors (Lipinski definition) is 5. The van der Waals surface area contributed by atoms with Crippen molar-refractivity contribution in [3.63, 3.8) is 0 Å². The molecular formula is C16H26F3N7O. The van der Waals surface area contributed by atoms with Gasteiger partial charge in [-0.3, -0.25) is 9.79 Å². The Kier molecular flexibility index (Phi) is 7.80. The molecule has 0 radical (unpaired) electrons. The third-order valence-corrected chi connectivity index (χ3v) is 3.11. The van der Waals surface area contributed by atoms with Crippen molar-refractivity contribution in [2.24, 2.45) is 4.99 Å². The maximum Gasteiger partial charge on any atom is 0.433 e. The second-order valence-electron chi connectivity index (χ2n) is 6.82. The number of likely N-dealkylation sites (N-methyl/N-ethyl adjacent to an activating group) is 1. The highest BCUT2D eigenvalue weighted by molar-refractivity contribution is 5.86. The Morgan fingerprint density at radius 3 is 2.48 bits per heavy atom. The lowest BCUT2D eigenvalue weighted by Crippen LogP contribution is -2.49. The number of nitrogens with zero attached hydrogens (tertiary/aromatic N) is 4. The van der Waals surface area contributed by atoms with Crippen molar-refractivity contribution in [3.8, 4) is 0 Å². The molecule has 11 heteroatoms. The highest BCUT2D eigenvalue weighted by Gasteiger charge is 2.32. The number of nitrogens with one attached hydrogen (secondary N) is 3. The molecule has 1 heterocycles. The lowest BCUT2D eigenvalue weighted by molar-refractivity contribution is -0.141. The third kappa shape index (κ3) is 8.56. The van der Waals surface area contributed by atoms with Crippen molar-refractivity contribution in [2.45, 2.75) is 32.5 Å². The summed E-state index contributed by atoms with van der Waals surface area (Å²) in [5, 5.41) is 8.57. The van der Waals surface area contributed by atoms with Crippen LogP contribution in [0.25, 0.3) is 0 Å². The predicted molar refractivity (Wildman–Crippen MR) is 97.4 cm³/mol. The van der Waals surface area contributed by atoms with Crippen molar-refractivity contribution in [1.29, 1.82) is 0 Å². The molecule has 0 spiro atoms. The monoisotopic (exact) mass is 389 g/mol. The molecule has 0 unspecified atom stereocenters. The Balaban J connectivity index is 2.47. The molecule has 0 aromatic carbocycles. The fourth-order valence-corrected chi connectivity index (χ4v) is 2.08. The number of carbonyl (C=O) groups is 1. The smallest absolute Gasteiger partial charge is 0.354 e. The van der Waals surface area contributed by atoms with Gasteiger partial charge in [0.05, 0.1) is 6.54 Å². The van der Waals surface area contributed by atoms with Crippen molar-refractivity contribution in [2.75, 3.05) is 39.0 Å². The molecule has 1 rings (SSSR count). The van der Waals surface area contributed by atoms with Gasteiger partial charge < -0.3 is 20.9 Å². The molecule has 0 aliphatic heterocycles. The molecule has 152 valence electrons. The maximum atomic E-state index is 12.6. The summed E-state index contributed by atoms with van der Waals surface area (Å²) in [7, 11) is 3.28. The summed E-state index contributed by atoms with van der Waals surface area (Å²) in [5.74, 6) is 0.216. The molecule has 0 aliphatic carbocycles. The van der Waals surface area contributed by atoms with Crippen molar-refractivity contribution < 1.29 is 18.0 Å².